The minimum absolute atomic E-state index is 0.0391. The molecule has 1 atom stereocenters. The smallest absolute Gasteiger partial charge is 0.317 e. The standard InChI is InChI=1S/C12H18N2O2/c1-3-8-14(9-12(15)16)10(2)11-6-4-5-7-13-11/h4-7,10H,3,8-9H2,1-2H3,(H,15,16). The zero-order chi connectivity index (χ0) is 12.0. The molecule has 0 aromatic carbocycles. The summed E-state index contributed by atoms with van der Waals surface area (Å²) in [6, 6.07) is 5.74. The first-order chi connectivity index (χ1) is 7.65. The first-order valence-corrected chi connectivity index (χ1v) is 5.52. The van der Waals surface area contributed by atoms with Crippen LogP contribution in [0.3, 0.4) is 0 Å². The number of carbonyl (C=O) groups is 1. The monoisotopic (exact) mass is 222 g/mol. The van der Waals surface area contributed by atoms with E-state index < -0.39 is 5.97 Å². The molecule has 0 aliphatic heterocycles. The molecule has 1 N–H and O–H groups in total. The van der Waals surface area contributed by atoms with Gasteiger partial charge in [0.05, 0.1) is 12.2 Å². The Morgan fingerprint density at radius 1 is 1.56 bits per heavy atom. The van der Waals surface area contributed by atoms with E-state index in [4.69, 9.17) is 5.11 Å². The lowest BCUT2D eigenvalue weighted by atomic mass is 10.1. The van der Waals surface area contributed by atoms with Gasteiger partial charge in [-0.25, -0.2) is 0 Å². The third kappa shape index (κ3) is 3.62. The Hall–Kier alpha value is -1.42. The molecule has 0 amide bonds. The first-order valence-electron chi connectivity index (χ1n) is 5.52. The Balaban J connectivity index is 2.74. The molecule has 0 radical (unpaired) electrons. The van der Waals surface area contributed by atoms with Crippen molar-refractivity contribution >= 4 is 5.97 Å². The second kappa shape index (κ2) is 6.23. The maximum atomic E-state index is 10.8. The van der Waals surface area contributed by atoms with Crippen LogP contribution >= 0.6 is 0 Å². The molecule has 16 heavy (non-hydrogen) atoms. The minimum atomic E-state index is -0.795. The maximum Gasteiger partial charge on any atom is 0.317 e. The van der Waals surface area contributed by atoms with Crippen molar-refractivity contribution in [2.75, 3.05) is 13.1 Å². The number of carboxylic acid groups (broad SMARTS) is 1. The van der Waals surface area contributed by atoms with Crippen molar-refractivity contribution < 1.29 is 9.90 Å². The molecular formula is C12H18N2O2. The van der Waals surface area contributed by atoms with Gasteiger partial charge in [0.2, 0.25) is 0 Å². The van der Waals surface area contributed by atoms with E-state index in [1.807, 2.05) is 36.9 Å². The second-order valence-corrected chi connectivity index (χ2v) is 3.79. The molecule has 1 aromatic heterocycles. The summed E-state index contributed by atoms with van der Waals surface area (Å²) in [6.45, 7) is 4.86. The van der Waals surface area contributed by atoms with Gasteiger partial charge in [-0.1, -0.05) is 13.0 Å². The number of rotatable bonds is 6. The van der Waals surface area contributed by atoms with Gasteiger partial charge in [-0.15, -0.1) is 0 Å². The number of hydrogen-bond acceptors (Lipinski definition) is 3. The highest BCUT2D eigenvalue weighted by molar-refractivity contribution is 5.69. The molecule has 88 valence electrons. The molecule has 4 heteroatoms. The van der Waals surface area contributed by atoms with Gasteiger partial charge in [0.1, 0.15) is 0 Å². The number of carboxylic acids is 1. The predicted molar refractivity (Wildman–Crippen MR) is 62.2 cm³/mol. The molecule has 0 aliphatic rings. The van der Waals surface area contributed by atoms with Gasteiger partial charge in [-0.05, 0) is 32.0 Å². The van der Waals surface area contributed by atoms with Gasteiger partial charge >= 0.3 is 5.97 Å². The average molecular weight is 222 g/mol. The molecule has 1 unspecified atom stereocenters. The Labute approximate surface area is 95.9 Å². The molecule has 0 saturated carbocycles. The summed E-state index contributed by atoms with van der Waals surface area (Å²) >= 11 is 0. The van der Waals surface area contributed by atoms with Crippen molar-refractivity contribution in [3.8, 4) is 0 Å². The molecule has 0 aliphatic carbocycles. The molecule has 1 aromatic rings. The van der Waals surface area contributed by atoms with Gasteiger partial charge in [-0.3, -0.25) is 14.7 Å². The molecule has 4 nitrogen and oxygen atoms in total. The van der Waals surface area contributed by atoms with Gasteiger partial charge in [0.15, 0.2) is 0 Å². The van der Waals surface area contributed by atoms with E-state index in [2.05, 4.69) is 4.98 Å². The van der Waals surface area contributed by atoms with Crippen LogP contribution in [0.2, 0.25) is 0 Å². The van der Waals surface area contributed by atoms with Crippen molar-refractivity contribution in [2.45, 2.75) is 26.3 Å². The summed E-state index contributed by atoms with van der Waals surface area (Å²) in [4.78, 5) is 16.9. The van der Waals surface area contributed by atoms with E-state index in [0.29, 0.717) is 0 Å². The van der Waals surface area contributed by atoms with E-state index in [9.17, 15) is 4.79 Å². The molecule has 0 spiro atoms. The van der Waals surface area contributed by atoms with Crippen molar-refractivity contribution in [2.24, 2.45) is 0 Å². The highest BCUT2D eigenvalue weighted by Crippen LogP contribution is 2.17. The number of aliphatic carboxylic acids is 1. The lowest BCUT2D eigenvalue weighted by Crippen LogP contribution is -2.33. The van der Waals surface area contributed by atoms with Crippen LogP contribution in [0, 0.1) is 0 Å². The van der Waals surface area contributed by atoms with Crippen LogP contribution in [-0.2, 0) is 4.79 Å². The van der Waals surface area contributed by atoms with E-state index >= 15 is 0 Å². The topological polar surface area (TPSA) is 53.4 Å². The molecule has 0 bridgehead atoms. The average Bonchev–Trinajstić information content (AvgIpc) is 2.28. The minimum Gasteiger partial charge on any atom is -0.480 e. The summed E-state index contributed by atoms with van der Waals surface area (Å²) in [5.41, 5.74) is 0.914. The van der Waals surface area contributed by atoms with Crippen LogP contribution in [0.15, 0.2) is 24.4 Å². The molecular weight excluding hydrogens is 204 g/mol. The molecule has 1 heterocycles. The highest BCUT2D eigenvalue weighted by Gasteiger charge is 2.18. The molecule has 0 saturated heterocycles. The van der Waals surface area contributed by atoms with Crippen LogP contribution in [0.5, 0.6) is 0 Å². The third-order valence-corrected chi connectivity index (χ3v) is 2.51. The third-order valence-electron chi connectivity index (χ3n) is 2.51. The number of nitrogens with zero attached hydrogens (tertiary/aromatic N) is 2. The van der Waals surface area contributed by atoms with Gasteiger partial charge < -0.3 is 5.11 Å². The van der Waals surface area contributed by atoms with Crippen molar-refractivity contribution in [3.63, 3.8) is 0 Å². The van der Waals surface area contributed by atoms with E-state index in [1.54, 1.807) is 6.20 Å². The number of hydrogen-bond donors (Lipinski definition) is 1. The van der Waals surface area contributed by atoms with Crippen LogP contribution in [-0.4, -0.2) is 34.0 Å². The maximum absolute atomic E-state index is 10.8. The van der Waals surface area contributed by atoms with Gasteiger partial charge in [0, 0.05) is 12.2 Å². The summed E-state index contributed by atoms with van der Waals surface area (Å²) in [5, 5.41) is 8.84. The fourth-order valence-electron chi connectivity index (χ4n) is 1.68. The van der Waals surface area contributed by atoms with Crippen LogP contribution in [0.4, 0.5) is 0 Å². The Bertz CT molecular complexity index is 327. The summed E-state index contributed by atoms with van der Waals surface area (Å²) in [6.07, 6.45) is 2.67. The molecule has 1 rings (SSSR count). The van der Waals surface area contributed by atoms with E-state index in [0.717, 1.165) is 18.7 Å². The van der Waals surface area contributed by atoms with E-state index in [-0.39, 0.29) is 12.6 Å². The lowest BCUT2D eigenvalue weighted by Gasteiger charge is -2.26. The predicted octanol–water partition coefficient (Wildman–Crippen LogP) is 1.94. The Morgan fingerprint density at radius 2 is 2.31 bits per heavy atom. The van der Waals surface area contributed by atoms with Gasteiger partial charge in [0.25, 0.3) is 0 Å². The van der Waals surface area contributed by atoms with Crippen molar-refractivity contribution in [1.82, 2.24) is 9.88 Å². The Morgan fingerprint density at radius 3 is 2.81 bits per heavy atom. The lowest BCUT2D eigenvalue weighted by molar-refractivity contribution is -0.138. The van der Waals surface area contributed by atoms with Crippen LogP contribution in [0.25, 0.3) is 0 Å². The van der Waals surface area contributed by atoms with Crippen LogP contribution in [0.1, 0.15) is 32.0 Å². The normalized spacial score (nSPS) is 12.7. The van der Waals surface area contributed by atoms with Crippen molar-refractivity contribution in [3.05, 3.63) is 30.1 Å². The molecule has 0 fully saturated rings. The highest BCUT2D eigenvalue weighted by atomic mass is 16.4. The number of pyridine rings is 1. The quantitative estimate of drug-likeness (QED) is 0.799. The van der Waals surface area contributed by atoms with E-state index in [1.165, 1.54) is 0 Å². The number of aromatic nitrogens is 1. The zero-order valence-corrected chi connectivity index (χ0v) is 9.76. The summed E-state index contributed by atoms with van der Waals surface area (Å²) in [5.74, 6) is -0.795. The first kappa shape index (κ1) is 12.6. The zero-order valence-electron chi connectivity index (χ0n) is 9.76. The van der Waals surface area contributed by atoms with Crippen molar-refractivity contribution in [1.29, 1.82) is 0 Å². The van der Waals surface area contributed by atoms with Gasteiger partial charge in [-0.2, -0.15) is 0 Å². The summed E-state index contributed by atoms with van der Waals surface area (Å²) in [7, 11) is 0. The summed E-state index contributed by atoms with van der Waals surface area (Å²) < 4.78 is 0. The fourth-order valence-corrected chi connectivity index (χ4v) is 1.68. The Kier molecular flexibility index (Phi) is 4.92. The SMILES string of the molecule is CCCN(CC(=O)O)C(C)c1ccccn1. The van der Waals surface area contributed by atoms with Crippen LogP contribution < -0.4 is 0 Å². The largest absolute Gasteiger partial charge is 0.480 e. The second-order valence-electron chi connectivity index (χ2n) is 3.79. The fraction of sp³-hybridized carbons (Fsp3) is 0.500.